The molecule has 0 bridgehead atoms. The van der Waals surface area contributed by atoms with E-state index in [1.54, 1.807) is 0 Å². The first-order valence-corrected chi connectivity index (χ1v) is 7.73. The number of alkyl halides is 1. The van der Waals surface area contributed by atoms with Crippen molar-refractivity contribution in [2.75, 3.05) is 0 Å². The maximum absolute atomic E-state index is 6.36. The van der Waals surface area contributed by atoms with Crippen LogP contribution in [-0.4, -0.2) is 0 Å². The molecule has 0 aliphatic heterocycles. The molecule has 2 aromatic carbocycles. The average molecular weight is 338 g/mol. The standard InChI is InChI=1S/C17H18BrCl/c1-11-5-4-6-14(7-11)10-16(18)15-8-12(2)13(3)9-17(15)19/h4-9,16H,10H2,1-3H3. The van der Waals surface area contributed by atoms with Crippen molar-refractivity contribution in [1.29, 1.82) is 0 Å². The summed E-state index contributed by atoms with van der Waals surface area (Å²) in [5, 5.41) is 0.845. The minimum atomic E-state index is 0.251. The van der Waals surface area contributed by atoms with Crippen LogP contribution in [0, 0.1) is 20.8 Å². The quantitative estimate of drug-likeness (QED) is 0.608. The summed E-state index contributed by atoms with van der Waals surface area (Å²) in [5.41, 5.74) is 6.32. The van der Waals surface area contributed by atoms with Crippen molar-refractivity contribution in [3.8, 4) is 0 Å². The number of benzene rings is 2. The summed E-state index contributed by atoms with van der Waals surface area (Å²) in [6.45, 7) is 6.34. The van der Waals surface area contributed by atoms with Crippen molar-refractivity contribution in [1.82, 2.24) is 0 Å². The summed E-state index contributed by atoms with van der Waals surface area (Å²) in [6.07, 6.45) is 0.948. The highest BCUT2D eigenvalue weighted by Gasteiger charge is 2.13. The van der Waals surface area contributed by atoms with Crippen LogP contribution in [0.1, 0.15) is 32.6 Å². The molecule has 1 atom stereocenters. The molecule has 0 amide bonds. The highest BCUT2D eigenvalue weighted by molar-refractivity contribution is 9.09. The second kappa shape index (κ2) is 6.11. The van der Waals surface area contributed by atoms with Crippen molar-refractivity contribution < 1.29 is 0 Å². The molecule has 0 aliphatic rings. The Kier molecular flexibility index (Phi) is 4.70. The Hall–Kier alpha value is -0.790. The number of halogens is 2. The van der Waals surface area contributed by atoms with Crippen LogP contribution in [0.3, 0.4) is 0 Å². The summed E-state index contributed by atoms with van der Waals surface area (Å²) in [6, 6.07) is 12.9. The fraction of sp³-hybridized carbons (Fsp3) is 0.294. The smallest absolute Gasteiger partial charge is 0.0452 e. The van der Waals surface area contributed by atoms with E-state index in [1.807, 2.05) is 0 Å². The van der Waals surface area contributed by atoms with E-state index in [2.05, 4.69) is 73.1 Å². The Morgan fingerprint density at radius 2 is 1.74 bits per heavy atom. The molecule has 0 nitrogen and oxygen atoms in total. The Balaban J connectivity index is 2.25. The van der Waals surface area contributed by atoms with Gasteiger partial charge in [-0.1, -0.05) is 63.4 Å². The molecule has 2 aromatic rings. The van der Waals surface area contributed by atoms with Crippen molar-refractivity contribution in [3.05, 3.63) is 69.2 Å². The molecule has 0 aliphatic carbocycles. The van der Waals surface area contributed by atoms with Gasteiger partial charge in [-0.2, -0.15) is 0 Å². The topological polar surface area (TPSA) is 0 Å². The first-order valence-electron chi connectivity index (χ1n) is 6.43. The molecular weight excluding hydrogens is 320 g/mol. The van der Waals surface area contributed by atoms with Gasteiger partial charge >= 0.3 is 0 Å². The second-order valence-electron chi connectivity index (χ2n) is 5.12. The summed E-state index contributed by atoms with van der Waals surface area (Å²) < 4.78 is 0. The minimum Gasteiger partial charge on any atom is -0.0840 e. The van der Waals surface area contributed by atoms with Crippen LogP contribution in [0.2, 0.25) is 5.02 Å². The lowest BCUT2D eigenvalue weighted by Crippen LogP contribution is -1.98. The molecule has 0 saturated carbocycles. The van der Waals surface area contributed by atoms with Crippen LogP contribution in [-0.2, 0) is 6.42 Å². The van der Waals surface area contributed by atoms with Crippen LogP contribution < -0.4 is 0 Å². The number of hydrogen-bond acceptors (Lipinski definition) is 0. The van der Waals surface area contributed by atoms with Crippen LogP contribution in [0.5, 0.6) is 0 Å². The molecule has 0 spiro atoms. The third kappa shape index (κ3) is 3.61. The molecule has 19 heavy (non-hydrogen) atoms. The van der Waals surface area contributed by atoms with Gasteiger partial charge in [-0.3, -0.25) is 0 Å². The van der Waals surface area contributed by atoms with Gasteiger partial charge in [0.1, 0.15) is 0 Å². The van der Waals surface area contributed by atoms with Crippen molar-refractivity contribution >= 4 is 27.5 Å². The van der Waals surface area contributed by atoms with Gasteiger partial charge in [0.05, 0.1) is 0 Å². The van der Waals surface area contributed by atoms with Crippen molar-refractivity contribution in [2.45, 2.75) is 32.0 Å². The first-order chi connectivity index (χ1) is 8.97. The molecular formula is C17H18BrCl. The van der Waals surface area contributed by atoms with Gasteiger partial charge in [0.2, 0.25) is 0 Å². The van der Waals surface area contributed by atoms with Gasteiger partial charge in [0.25, 0.3) is 0 Å². The van der Waals surface area contributed by atoms with E-state index in [1.165, 1.54) is 27.8 Å². The van der Waals surface area contributed by atoms with Crippen LogP contribution in [0.15, 0.2) is 36.4 Å². The van der Waals surface area contributed by atoms with E-state index in [9.17, 15) is 0 Å². The molecule has 0 fully saturated rings. The van der Waals surface area contributed by atoms with E-state index in [0.717, 1.165) is 11.4 Å². The highest BCUT2D eigenvalue weighted by Crippen LogP contribution is 2.34. The van der Waals surface area contributed by atoms with Gasteiger partial charge < -0.3 is 0 Å². The van der Waals surface area contributed by atoms with E-state index in [-0.39, 0.29) is 4.83 Å². The van der Waals surface area contributed by atoms with E-state index >= 15 is 0 Å². The maximum atomic E-state index is 6.36. The zero-order chi connectivity index (χ0) is 14.0. The second-order valence-corrected chi connectivity index (χ2v) is 6.63. The Morgan fingerprint density at radius 3 is 2.42 bits per heavy atom. The fourth-order valence-corrected chi connectivity index (χ4v) is 3.43. The highest BCUT2D eigenvalue weighted by atomic mass is 79.9. The monoisotopic (exact) mass is 336 g/mol. The summed E-state index contributed by atoms with van der Waals surface area (Å²) in [4.78, 5) is 0.251. The summed E-state index contributed by atoms with van der Waals surface area (Å²) in [5.74, 6) is 0. The van der Waals surface area contributed by atoms with Crippen molar-refractivity contribution in [2.24, 2.45) is 0 Å². The van der Waals surface area contributed by atoms with E-state index in [4.69, 9.17) is 11.6 Å². The predicted molar refractivity (Wildman–Crippen MR) is 87.5 cm³/mol. The number of rotatable bonds is 3. The molecule has 0 radical (unpaired) electrons. The Morgan fingerprint density at radius 1 is 1.05 bits per heavy atom. The first kappa shape index (κ1) is 14.6. The minimum absolute atomic E-state index is 0.251. The largest absolute Gasteiger partial charge is 0.0840 e. The van der Waals surface area contributed by atoms with Crippen LogP contribution in [0.4, 0.5) is 0 Å². The lowest BCUT2D eigenvalue weighted by atomic mass is 9.99. The van der Waals surface area contributed by atoms with E-state index < -0.39 is 0 Å². The molecule has 0 saturated heterocycles. The summed E-state index contributed by atoms with van der Waals surface area (Å²) in [7, 11) is 0. The fourth-order valence-electron chi connectivity index (χ4n) is 2.20. The third-order valence-electron chi connectivity index (χ3n) is 3.45. The third-order valence-corrected chi connectivity index (χ3v) is 4.59. The molecule has 2 heteroatoms. The van der Waals surface area contributed by atoms with Crippen molar-refractivity contribution in [3.63, 3.8) is 0 Å². The average Bonchev–Trinajstić information content (AvgIpc) is 2.33. The number of aryl methyl sites for hydroxylation is 3. The van der Waals surface area contributed by atoms with Crippen LogP contribution >= 0.6 is 27.5 Å². The van der Waals surface area contributed by atoms with Gasteiger partial charge in [-0.25, -0.2) is 0 Å². The van der Waals surface area contributed by atoms with Gasteiger partial charge in [0.15, 0.2) is 0 Å². The van der Waals surface area contributed by atoms with Crippen LogP contribution in [0.25, 0.3) is 0 Å². The predicted octanol–water partition coefficient (Wildman–Crippen LogP) is 5.94. The molecule has 100 valence electrons. The normalized spacial score (nSPS) is 12.5. The molecule has 0 N–H and O–H groups in total. The maximum Gasteiger partial charge on any atom is 0.0452 e. The van der Waals surface area contributed by atoms with E-state index in [0.29, 0.717) is 0 Å². The number of hydrogen-bond donors (Lipinski definition) is 0. The lowest BCUT2D eigenvalue weighted by Gasteiger charge is -2.15. The SMILES string of the molecule is Cc1cccc(CC(Br)c2cc(C)c(C)cc2Cl)c1. The van der Waals surface area contributed by atoms with Gasteiger partial charge in [0, 0.05) is 9.85 Å². The summed E-state index contributed by atoms with van der Waals surface area (Å²) >= 11 is 10.1. The molecule has 0 heterocycles. The molecule has 2 rings (SSSR count). The van der Waals surface area contributed by atoms with Gasteiger partial charge in [-0.05, 0) is 55.5 Å². The Labute approximate surface area is 128 Å². The Bertz CT molecular complexity index is 590. The molecule has 0 aromatic heterocycles. The zero-order valence-electron chi connectivity index (χ0n) is 11.5. The molecule has 1 unspecified atom stereocenters. The zero-order valence-corrected chi connectivity index (χ0v) is 13.8. The lowest BCUT2D eigenvalue weighted by molar-refractivity contribution is 0.943. The van der Waals surface area contributed by atoms with Gasteiger partial charge in [-0.15, -0.1) is 0 Å².